The van der Waals surface area contributed by atoms with E-state index < -0.39 is 0 Å². The number of aromatic nitrogens is 4. The fraction of sp³-hybridized carbons (Fsp3) is 0.200. The monoisotopic (exact) mass is 455 g/mol. The first-order chi connectivity index (χ1) is 13.5. The van der Waals surface area contributed by atoms with Gasteiger partial charge in [0.15, 0.2) is 10.8 Å². The molecule has 1 amide bonds. The van der Waals surface area contributed by atoms with Crippen LogP contribution in [-0.2, 0) is 13.1 Å². The van der Waals surface area contributed by atoms with Crippen molar-refractivity contribution in [3.05, 3.63) is 70.2 Å². The molecule has 0 radical (unpaired) electrons. The number of carbonyl (C=O) groups is 1. The largest absolute Gasteiger partial charge is 0.280 e. The van der Waals surface area contributed by atoms with Crippen molar-refractivity contribution in [2.45, 2.75) is 26.9 Å². The Hall–Kier alpha value is -2.58. The highest BCUT2D eigenvalue weighted by Crippen LogP contribution is 2.32. The summed E-state index contributed by atoms with van der Waals surface area (Å²) in [5, 5.41) is 5.09. The highest BCUT2D eigenvalue weighted by Gasteiger charge is 2.24. The van der Waals surface area contributed by atoms with Crippen molar-refractivity contribution in [2.24, 2.45) is 0 Å². The molecule has 0 N–H and O–H groups in total. The molecule has 0 aliphatic heterocycles. The molecule has 0 spiro atoms. The van der Waals surface area contributed by atoms with Gasteiger partial charge in [-0.2, -0.15) is 5.10 Å². The molecule has 0 saturated carbocycles. The van der Waals surface area contributed by atoms with E-state index in [2.05, 4.69) is 31.0 Å². The third kappa shape index (κ3) is 3.70. The Morgan fingerprint density at radius 1 is 1.25 bits per heavy atom. The summed E-state index contributed by atoms with van der Waals surface area (Å²) in [6, 6.07) is 13.4. The minimum atomic E-state index is -0.181. The summed E-state index contributed by atoms with van der Waals surface area (Å²) in [6.45, 7) is 5.00. The Labute approximate surface area is 175 Å². The van der Waals surface area contributed by atoms with Gasteiger partial charge in [0.05, 0.1) is 22.5 Å². The van der Waals surface area contributed by atoms with Crippen LogP contribution in [0.15, 0.2) is 53.1 Å². The maximum atomic E-state index is 13.4. The molecule has 0 bridgehead atoms. The summed E-state index contributed by atoms with van der Waals surface area (Å²) in [5.41, 5.74) is 3.02. The molecule has 0 aliphatic carbocycles. The van der Waals surface area contributed by atoms with Crippen molar-refractivity contribution in [1.29, 1.82) is 0 Å². The summed E-state index contributed by atoms with van der Waals surface area (Å²) >= 11 is 4.97. The van der Waals surface area contributed by atoms with Crippen LogP contribution in [0.1, 0.15) is 28.8 Å². The molecular formula is C20H18BrN5OS. The molecule has 0 atom stereocenters. The normalized spacial score (nSPS) is 11.1. The highest BCUT2D eigenvalue weighted by molar-refractivity contribution is 9.10. The summed E-state index contributed by atoms with van der Waals surface area (Å²) in [7, 11) is 0. The summed E-state index contributed by atoms with van der Waals surface area (Å²) in [6.07, 6.45) is 1.73. The second-order valence-electron chi connectivity index (χ2n) is 6.31. The van der Waals surface area contributed by atoms with Crippen LogP contribution >= 0.6 is 27.3 Å². The van der Waals surface area contributed by atoms with E-state index in [9.17, 15) is 4.79 Å². The van der Waals surface area contributed by atoms with Gasteiger partial charge in [0.1, 0.15) is 0 Å². The van der Waals surface area contributed by atoms with Crippen molar-refractivity contribution in [3.8, 4) is 0 Å². The zero-order chi connectivity index (χ0) is 19.7. The molecule has 28 heavy (non-hydrogen) atoms. The van der Waals surface area contributed by atoms with Gasteiger partial charge >= 0.3 is 0 Å². The number of halogens is 1. The van der Waals surface area contributed by atoms with E-state index >= 15 is 0 Å². The first-order valence-electron chi connectivity index (χ1n) is 8.87. The number of hydrogen-bond acceptors (Lipinski definition) is 5. The zero-order valence-electron chi connectivity index (χ0n) is 15.5. The molecule has 142 valence electrons. The van der Waals surface area contributed by atoms with E-state index in [1.54, 1.807) is 11.1 Å². The van der Waals surface area contributed by atoms with Gasteiger partial charge in [-0.15, -0.1) is 0 Å². The van der Waals surface area contributed by atoms with Crippen LogP contribution in [0.2, 0.25) is 0 Å². The first-order valence-corrected chi connectivity index (χ1v) is 10.5. The molecule has 3 aromatic heterocycles. The van der Waals surface area contributed by atoms with Crippen LogP contribution in [0, 0.1) is 6.92 Å². The number of nitrogens with zero attached hydrogens (tertiary/aromatic N) is 5. The third-order valence-electron chi connectivity index (χ3n) is 4.36. The molecule has 0 saturated heterocycles. The van der Waals surface area contributed by atoms with Gasteiger partial charge in [-0.25, -0.2) is 4.98 Å². The van der Waals surface area contributed by atoms with Crippen LogP contribution < -0.4 is 4.90 Å². The number of anilines is 1. The van der Waals surface area contributed by atoms with Crippen molar-refractivity contribution in [1.82, 2.24) is 19.7 Å². The Bertz CT molecular complexity index is 1140. The summed E-state index contributed by atoms with van der Waals surface area (Å²) in [5.74, 6) is -0.181. The molecular weight excluding hydrogens is 438 g/mol. The number of benzene rings is 1. The Kier molecular flexibility index (Phi) is 5.23. The minimum Gasteiger partial charge on any atom is -0.276 e. The smallest absolute Gasteiger partial charge is 0.276 e. The molecule has 0 unspecified atom stereocenters. The maximum Gasteiger partial charge on any atom is 0.280 e. The molecule has 0 aliphatic rings. The molecule has 1 aromatic carbocycles. The number of fused-ring (bicyclic) bond motifs is 1. The van der Waals surface area contributed by atoms with Crippen molar-refractivity contribution in [2.75, 3.05) is 4.90 Å². The number of carbonyl (C=O) groups excluding carboxylic acids is 1. The Balaban J connectivity index is 1.76. The average Bonchev–Trinajstić information content (AvgIpc) is 3.29. The van der Waals surface area contributed by atoms with Gasteiger partial charge in [0, 0.05) is 22.9 Å². The molecule has 0 fully saturated rings. The van der Waals surface area contributed by atoms with Gasteiger partial charge in [0.25, 0.3) is 5.91 Å². The number of aryl methyl sites for hydroxylation is 2. The van der Waals surface area contributed by atoms with Crippen LogP contribution in [0.3, 0.4) is 0 Å². The molecule has 4 rings (SSSR count). The lowest BCUT2D eigenvalue weighted by molar-refractivity contribution is 0.0979. The topological polar surface area (TPSA) is 63.9 Å². The van der Waals surface area contributed by atoms with Crippen LogP contribution in [0.4, 0.5) is 5.13 Å². The van der Waals surface area contributed by atoms with E-state index in [1.165, 1.54) is 11.3 Å². The fourth-order valence-corrected chi connectivity index (χ4v) is 4.47. The number of pyridine rings is 1. The predicted molar refractivity (Wildman–Crippen MR) is 115 cm³/mol. The standard InChI is InChI=1S/C20H18BrN5OS/c1-3-26-13(2)10-17(24-26)19(27)25(12-15-6-4-5-9-22-15)20-23-16-8-7-14(21)11-18(16)28-20/h4-11H,3,12H2,1-2H3. The van der Waals surface area contributed by atoms with Gasteiger partial charge in [0.2, 0.25) is 0 Å². The Morgan fingerprint density at radius 3 is 2.82 bits per heavy atom. The quantitative estimate of drug-likeness (QED) is 0.432. The Morgan fingerprint density at radius 2 is 2.11 bits per heavy atom. The maximum absolute atomic E-state index is 13.4. The van der Waals surface area contributed by atoms with Crippen molar-refractivity contribution >= 4 is 48.5 Å². The lowest BCUT2D eigenvalue weighted by Crippen LogP contribution is -2.31. The molecule has 8 heteroatoms. The van der Waals surface area contributed by atoms with Gasteiger partial charge < -0.3 is 0 Å². The number of thiazole rings is 1. The van der Waals surface area contributed by atoms with Crippen LogP contribution in [-0.4, -0.2) is 25.7 Å². The van der Waals surface area contributed by atoms with Gasteiger partial charge in [-0.1, -0.05) is 33.3 Å². The number of amides is 1. The van der Waals surface area contributed by atoms with Gasteiger partial charge in [-0.3, -0.25) is 19.4 Å². The second kappa shape index (κ2) is 7.81. The number of hydrogen-bond donors (Lipinski definition) is 0. The fourth-order valence-electron chi connectivity index (χ4n) is 2.95. The minimum absolute atomic E-state index is 0.181. The van der Waals surface area contributed by atoms with Crippen LogP contribution in [0.5, 0.6) is 0 Å². The molecule has 6 nitrogen and oxygen atoms in total. The van der Waals surface area contributed by atoms with E-state index in [-0.39, 0.29) is 5.91 Å². The van der Waals surface area contributed by atoms with Gasteiger partial charge in [-0.05, 0) is 50.2 Å². The van der Waals surface area contributed by atoms with Crippen molar-refractivity contribution in [3.63, 3.8) is 0 Å². The summed E-state index contributed by atoms with van der Waals surface area (Å²) < 4.78 is 3.82. The predicted octanol–water partition coefficient (Wildman–Crippen LogP) is 4.83. The third-order valence-corrected chi connectivity index (χ3v) is 5.90. The lowest BCUT2D eigenvalue weighted by atomic mass is 10.3. The lowest BCUT2D eigenvalue weighted by Gasteiger charge is -2.18. The van der Waals surface area contributed by atoms with E-state index in [4.69, 9.17) is 0 Å². The number of rotatable bonds is 5. The highest BCUT2D eigenvalue weighted by atomic mass is 79.9. The van der Waals surface area contributed by atoms with E-state index in [0.29, 0.717) is 23.9 Å². The van der Waals surface area contributed by atoms with Crippen LogP contribution in [0.25, 0.3) is 10.2 Å². The molecule has 4 aromatic rings. The molecule has 3 heterocycles. The van der Waals surface area contributed by atoms with Crippen molar-refractivity contribution < 1.29 is 4.79 Å². The van der Waals surface area contributed by atoms with E-state index in [1.807, 2.05) is 61.0 Å². The second-order valence-corrected chi connectivity index (χ2v) is 8.23. The SMILES string of the molecule is CCn1nc(C(=O)N(Cc2ccccn2)c2nc3ccc(Br)cc3s2)cc1C. The summed E-state index contributed by atoms with van der Waals surface area (Å²) in [4.78, 5) is 24.1. The average molecular weight is 456 g/mol. The van der Waals surface area contributed by atoms with E-state index in [0.717, 1.165) is 26.1 Å². The first kappa shape index (κ1) is 18.8. The zero-order valence-corrected chi connectivity index (χ0v) is 17.9.